The summed E-state index contributed by atoms with van der Waals surface area (Å²) in [7, 11) is 0. The zero-order valence-corrected chi connectivity index (χ0v) is 11.1. The lowest BCUT2D eigenvalue weighted by atomic mass is 10.1. The lowest BCUT2D eigenvalue weighted by Crippen LogP contribution is -2.04. The zero-order chi connectivity index (χ0) is 15.8. The van der Waals surface area contributed by atoms with E-state index in [9.17, 15) is 25.0 Å². The number of non-ortho nitro benzene ring substituents is 1. The highest BCUT2D eigenvalue weighted by molar-refractivity contribution is 8.06. The molecule has 0 aliphatic carbocycles. The van der Waals surface area contributed by atoms with Crippen LogP contribution in [0.3, 0.4) is 0 Å². The van der Waals surface area contributed by atoms with E-state index in [-0.39, 0.29) is 16.9 Å². The molecule has 0 saturated heterocycles. The Kier molecular flexibility index (Phi) is 5.84. The normalized spacial score (nSPS) is 10.0. The molecule has 0 aliphatic rings. The molecule has 10 heteroatoms. The van der Waals surface area contributed by atoms with Crippen LogP contribution in [0.15, 0.2) is 29.7 Å². The Bertz CT molecular complexity index is 652. The molecular weight excluding hydrogens is 302 g/mol. The van der Waals surface area contributed by atoms with Gasteiger partial charge < -0.3 is 4.74 Å². The Morgan fingerprint density at radius 2 is 2.10 bits per heavy atom. The van der Waals surface area contributed by atoms with Gasteiger partial charge in [0.25, 0.3) is 11.4 Å². The predicted octanol–water partition coefficient (Wildman–Crippen LogP) is 2.27. The van der Waals surface area contributed by atoms with Crippen molar-refractivity contribution in [3.8, 4) is 5.40 Å². The molecule has 0 amide bonds. The van der Waals surface area contributed by atoms with Crippen LogP contribution in [0.5, 0.6) is 0 Å². The number of nitro groups is 2. The molecule has 1 aromatic rings. The van der Waals surface area contributed by atoms with Gasteiger partial charge in [0.05, 0.1) is 15.4 Å². The number of thioether (sulfide) groups is 1. The lowest BCUT2D eigenvalue weighted by molar-refractivity contribution is -0.389. The molecule has 0 unspecified atom stereocenters. The van der Waals surface area contributed by atoms with Gasteiger partial charge in [-0.2, -0.15) is 5.26 Å². The highest BCUT2D eigenvalue weighted by Crippen LogP contribution is 2.24. The highest BCUT2D eigenvalue weighted by Gasteiger charge is 2.19. The number of hydrogen-bond donors (Lipinski definition) is 0. The topological polar surface area (TPSA) is 136 Å². The number of carbonyl (C=O) groups excluding carboxylic acids is 1. The second-order valence-electron chi connectivity index (χ2n) is 3.45. The van der Waals surface area contributed by atoms with E-state index in [1.807, 2.05) is 0 Å². The fourth-order valence-corrected chi connectivity index (χ4v) is 1.54. The average molecular weight is 309 g/mol. The molecule has 0 aliphatic heterocycles. The lowest BCUT2D eigenvalue weighted by Gasteiger charge is -2.03. The minimum atomic E-state index is -0.821. The summed E-state index contributed by atoms with van der Waals surface area (Å²) in [6.07, 6.45) is 0.969. The third-order valence-corrected chi connectivity index (χ3v) is 2.54. The molecule has 0 fully saturated rings. The van der Waals surface area contributed by atoms with E-state index in [0.717, 1.165) is 24.3 Å². The van der Waals surface area contributed by atoms with Crippen LogP contribution in [0.4, 0.5) is 11.4 Å². The maximum absolute atomic E-state index is 11.3. The molecule has 1 rings (SSSR count). The van der Waals surface area contributed by atoms with Crippen LogP contribution in [0.25, 0.3) is 0 Å². The molecule has 0 atom stereocenters. The largest absolute Gasteiger partial charge is 0.457 e. The Balaban J connectivity index is 2.88. The maximum Gasteiger partial charge on any atom is 0.331 e. The standard InChI is InChI=1S/C11H7N3O6S/c12-7-21-4-3-11(15)20-6-8-5-9(13(16)17)1-2-10(8)14(18)19/h1-5H,6H2. The molecule has 21 heavy (non-hydrogen) atoms. The second kappa shape index (κ2) is 7.61. The average Bonchev–Trinajstić information content (AvgIpc) is 2.44. The molecule has 0 N–H and O–H groups in total. The minimum Gasteiger partial charge on any atom is -0.457 e. The monoisotopic (exact) mass is 309 g/mol. The molecule has 0 saturated carbocycles. The maximum atomic E-state index is 11.3. The van der Waals surface area contributed by atoms with Gasteiger partial charge in [-0.1, -0.05) is 0 Å². The van der Waals surface area contributed by atoms with Gasteiger partial charge in [0.1, 0.15) is 12.0 Å². The quantitative estimate of drug-likeness (QED) is 0.256. The number of hydrogen-bond acceptors (Lipinski definition) is 8. The molecule has 108 valence electrons. The van der Waals surface area contributed by atoms with Crippen LogP contribution in [-0.4, -0.2) is 15.8 Å². The summed E-state index contributed by atoms with van der Waals surface area (Å²) in [6.45, 7) is -0.488. The van der Waals surface area contributed by atoms with Gasteiger partial charge in [-0.15, -0.1) is 0 Å². The summed E-state index contributed by atoms with van der Waals surface area (Å²) >= 11 is 0.699. The third-order valence-electron chi connectivity index (χ3n) is 2.17. The van der Waals surface area contributed by atoms with Crippen molar-refractivity contribution in [2.75, 3.05) is 0 Å². The van der Waals surface area contributed by atoms with Crippen molar-refractivity contribution in [1.29, 1.82) is 5.26 Å². The van der Waals surface area contributed by atoms with Crippen molar-refractivity contribution in [2.24, 2.45) is 0 Å². The molecule has 0 aromatic heterocycles. The summed E-state index contributed by atoms with van der Waals surface area (Å²) in [4.78, 5) is 31.2. The van der Waals surface area contributed by atoms with Crippen molar-refractivity contribution >= 4 is 29.1 Å². The van der Waals surface area contributed by atoms with Gasteiger partial charge in [-0.3, -0.25) is 20.2 Å². The van der Waals surface area contributed by atoms with E-state index < -0.39 is 22.4 Å². The number of nitro benzene ring substituents is 2. The summed E-state index contributed by atoms with van der Waals surface area (Å²) in [6, 6.07) is 2.94. The van der Waals surface area contributed by atoms with Crippen LogP contribution in [-0.2, 0) is 16.1 Å². The Labute approximate surface area is 122 Å². The predicted molar refractivity (Wildman–Crippen MR) is 71.9 cm³/mol. The second-order valence-corrected chi connectivity index (χ2v) is 4.14. The van der Waals surface area contributed by atoms with Crippen LogP contribution in [0, 0.1) is 30.9 Å². The summed E-state index contributed by atoms with van der Waals surface area (Å²) in [5.41, 5.74) is -0.824. The fraction of sp³-hybridized carbons (Fsp3) is 0.0909. The smallest absolute Gasteiger partial charge is 0.331 e. The molecular formula is C11H7N3O6S. The van der Waals surface area contributed by atoms with Gasteiger partial charge in [0.2, 0.25) is 0 Å². The van der Waals surface area contributed by atoms with Crippen molar-refractivity contribution in [3.63, 3.8) is 0 Å². The molecule has 9 nitrogen and oxygen atoms in total. The Hall–Kier alpha value is -2.93. The van der Waals surface area contributed by atoms with E-state index in [2.05, 4.69) is 0 Å². The zero-order valence-electron chi connectivity index (χ0n) is 10.3. The summed E-state index contributed by atoms with van der Waals surface area (Å²) in [5, 5.41) is 32.6. The van der Waals surface area contributed by atoms with E-state index in [0.29, 0.717) is 11.8 Å². The number of esters is 1. The number of ether oxygens (including phenoxy) is 1. The first-order valence-electron chi connectivity index (χ1n) is 5.25. The van der Waals surface area contributed by atoms with Gasteiger partial charge in [-0.05, 0) is 17.2 Å². The number of rotatable bonds is 6. The van der Waals surface area contributed by atoms with Crippen molar-refractivity contribution in [3.05, 3.63) is 55.5 Å². The molecule has 0 spiro atoms. The Morgan fingerprint density at radius 3 is 2.67 bits per heavy atom. The Morgan fingerprint density at radius 1 is 1.38 bits per heavy atom. The third kappa shape index (κ3) is 4.92. The fourth-order valence-electron chi connectivity index (χ4n) is 1.30. The van der Waals surface area contributed by atoms with Crippen molar-refractivity contribution in [1.82, 2.24) is 0 Å². The van der Waals surface area contributed by atoms with E-state index >= 15 is 0 Å². The van der Waals surface area contributed by atoms with E-state index in [1.54, 1.807) is 5.40 Å². The highest BCUT2D eigenvalue weighted by atomic mass is 32.2. The van der Waals surface area contributed by atoms with Crippen molar-refractivity contribution < 1.29 is 19.4 Å². The first kappa shape index (κ1) is 16.1. The number of thiocyanates is 1. The van der Waals surface area contributed by atoms with E-state index in [4.69, 9.17) is 10.00 Å². The number of nitrogens with zero attached hydrogens (tertiary/aromatic N) is 3. The molecule has 0 radical (unpaired) electrons. The van der Waals surface area contributed by atoms with E-state index in [1.165, 1.54) is 5.41 Å². The van der Waals surface area contributed by atoms with Gasteiger partial charge in [0, 0.05) is 24.3 Å². The minimum absolute atomic E-state index is 0.0936. The van der Waals surface area contributed by atoms with Crippen LogP contribution < -0.4 is 0 Å². The first-order valence-corrected chi connectivity index (χ1v) is 6.13. The summed E-state index contributed by atoms with van der Waals surface area (Å²) < 4.78 is 4.72. The SMILES string of the molecule is N#CSC=CC(=O)OCc1cc([N+](=O)[O-])ccc1[N+](=O)[O-]. The number of benzene rings is 1. The summed E-state index contributed by atoms with van der Waals surface area (Å²) in [5.74, 6) is -0.821. The van der Waals surface area contributed by atoms with Gasteiger partial charge in [0.15, 0.2) is 0 Å². The first-order chi connectivity index (χ1) is 9.95. The van der Waals surface area contributed by atoms with Crippen molar-refractivity contribution in [2.45, 2.75) is 6.61 Å². The molecule has 0 heterocycles. The molecule has 0 bridgehead atoms. The van der Waals surface area contributed by atoms with Crippen LogP contribution in [0.2, 0.25) is 0 Å². The number of carbonyl (C=O) groups is 1. The number of nitriles is 1. The van der Waals surface area contributed by atoms with Crippen LogP contribution >= 0.6 is 11.8 Å². The van der Waals surface area contributed by atoms with Gasteiger partial charge >= 0.3 is 5.97 Å². The van der Waals surface area contributed by atoms with Gasteiger partial charge in [-0.25, -0.2) is 4.79 Å². The molecule has 1 aromatic carbocycles. The van der Waals surface area contributed by atoms with Crippen LogP contribution in [0.1, 0.15) is 5.56 Å².